The molecule has 0 amide bonds. The molecule has 0 aliphatic heterocycles. The van der Waals surface area contributed by atoms with Gasteiger partial charge in [-0.05, 0) is 39.4 Å². The van der Waals surface area contributed by atoms with Crippen molar-refractivity contribution in [3.05, 3.63) is 0 Å². The van der Waals surface area contributed by atoms with Gasteiger partial charge in [0.15, 0.2) is 5.92 Å². The van der Waals surface area contributed by atoms with Crippen LogP contribution >= 0.6 is 0 Å². The summed E-state index contributed by atoms with van der Waals surface area (Å²) in [4.78, 5) is 24.2. The van der Waals surface area contributed by atoms with E-state index in [1.807, 2.05) is 33.5 Å². The Morgan fingerprint density at radius 1 is 1.00 bits per heavy atom. The normalized spacial score (nSPS) is 13.4. The van der Waals surface area contributed by atoms with Crippen molar-refractivity contribution in [2.45, 2.75) is 53.4 Å². The zero-order valence-electron chi connectivity index (χ0n) is 14.2. The van der Waals surface area contributed by atoms with Crippen LogP contribution in [0.3, 0.4) is 0 Å². The number of hydroxylamine groups is 1. The predicted molar refractivity (Wildman–Crippen MR) is 82.9 cm³/mol. The molecule has 0 rings (SSSR count). The Kier molecular flexibility index (Phi) is 8.76. The molecule has 6 nitrogen and oxygen atoms in total. The maximum atomic E-state index is 12.1. The Morgan fingerprint density at radius 2 is 1.43 bits per heavy atom. The standard InChI is InChI=1S/C14H29NO5Si/c1-8-18-13(16)11(14(17)19-9-2)12(10(3)4)15-20-21(5,6)7/h10-12,15H,8-9H2,1-7H3/t12-/m1/s1. The number of carbonyl (C=O) groups excluding carboxylic acids is 2. The Labute approximate surface area is 128 Å². The van der Waals surface area contributed by atoms with Crippen molar-refractivity contribution in [2.24, 2.45) is 11.8 Å². The Bertz CT molecular complexity index is 323. The van der Waals surface area contributed by atoms with Crippen LogP contribution in [-0.4, -0.2) is 39.5 Å². The summed E-state index contributed by atoms with van der Waals surface area (Å²) < 4.78 is 15.7. The number of rotatable bonds is 9. The van der Waals surface area contributed by atoms with E-state index in [1.54, 1.807) is 13.8 Å². The van der Waals surface area contributed by atoms with E-state index in [-0.39, 0.29) is 19.1 Å². The average molecular weight is 319 g/mol. The van der Waals surface area contributed by atoms with E-state index >= 15 is 0 Å². The fourth-order valence-electron chi connectivity index (χ4n) is 1.69. The third-order valence-corrected chi connectivity index (χ3v) is 3.39. The van der Waals surface area contributed by atoms with Gasteiger partial charge < -0.3 is 14.0 Å². The molecular formula is C14H29NO5Si. The molecule has 21 heavy (non-hydrogen) atoms. The topological polar surface area (TPSA) is 73.9 Å². The van der Waals surface area contributed by atoms with E-state index in [0.29, 0.717) is 0 Å². The molecule has 0 fully saturated rings. The van der Waals surface area contributed by atoms with Gasteiger partial charge in [0.25, 0.3) is 0 Å². The van der Waals surface area contributed by atoms with E-state index in [4.69, 9.17) is 14.0 Å². The van der Waals surface area contributed by atoms with Gasteiger partial charge in [-0.3, -0.25) is 9.59 Å². The first-order chi connectivity index (χ1) is 9.64. The molecule has 0 aromatic heterocycles. The largest absolute Gasteiger partial charge is 0.465 e. The Hall–Kier alpha value is -0.923. The van der Waals surface area contributed by atoms with E-state index in [2.05, 4.69) is 5.48 Å². The third kappa shape index (κ3) is 7.59. The van der Waals surface area contributed by atoms with Crippen LogP contribution in [0.1, 0.15) is 27.7 Å². The zero-order chi connectivity index (χ0) is 16.6. The van der Waals surface area contributed by atoms with Crippen molar-refractivity contribution in [2.75, 3.05) is 13.2 Å². The fraction of sp³-hybridized carbons (Fsp3) is 0.857. The molecule has 124 valence electrons. The summed E-state index contributed by atoms with van der Waals surface area (Å²) in [5, 5.41) is 0. The molecule has 0 aliphatic carbocycles. The monoisotopic (exact) mass is 319 g/mol. The van der Waals surface area contributed by atoms with Crippen LogP contribution in [-0.2, 0) is 23.6 Å². The van der Waals surface area contributed by atoms with Gasteiger partial charge in [-0.25, -0.2) is 5.48 Å². The first kappa shape index (κ1) is 20.1. The lowest BCUT2D eigenvalue weighted by atomic mass is 9.91. The van der Waals surface area contributed by atoms with Gasteiger partial charge in [0, 0.05) is 0 Å². The Balaban J connectivity index is 5.18. The van der Waals surface area contributed by atoms with Crippen LogP contribution in [0.2, 0.25) is 19.6 Å². The quantitative estimate of drug-likeness (QED) is 0.304. The summed E-state index contributed by atoms with van der Waals surface area (Å²) >= 11 is 0. The van der Waals surface area contributed by atoms with Crippen LogP contribution in [0.5, 0.6) is 0 Å². The second-order valence-corrected chi connectivity index (χ2v) is 10.5. The first-order valence-electron chi connectivity index (χ1n) is 7.40. The molecule has 0 spiro atoms. The average Bonchev–Trinajstić information content (AvgIpc) is 2.32. The summed E-state index contributed by atoms with van der Waals surface area (Å²) in [6.07, 6.45) is 0. The predicted octanol–water partition coefficient (Wildman–Crippen LogP) is 2.11. The lowest BCUT2D eigenvalue weighted by Gasteiger charge is -2.30. The van der Waals surface area contributed by atoms with Crippen LogP contribution in [0.25, 0.3) is 0 Å². The minimum Gasteiger partial charge on any atom is -0.465 e. The first-order valence-corrected chi connectivity index (χ1v) is 10.8. The van der Waals surface area contributed by atoms with E-state index in [0.717, 1.165) is 0 Å². The molecule has 7 heteroatoms. The molecule has 0 radical (unpaired) electrons. The number of carbonyl (C=O) groups is 2. The van der Waals surface area contributed by atoms with Gasteiger partial charge in [0.2, 0.25) is 8.32 Å². The van der Waals surface area contributed by atoms with Crippen LogP contribution in [0, 0.1) is 11.8 Å². The minimum absolute atomic E-state index is 0.000150. The maximum absolute atomic E-state index is 12.1. The molecule has 0 unspecified atom stereocenters. The van der Waals surface area contributed by atoms with Gasteiger partial charge >= 0.3 is 11.9 Å². The van der Waals surface area contributed by atoms with Crippen molar-refractivity contribution in [1.82, 2.24) is 5.48 Å². The second kappa shape index (κ2) is 9.17. The molecule has 0 saturated carbocycles. The van der Waals surface area contributed by atoms with Gasteiger partial charge in [0.1, 0.15) is 0 Å². The molecular weight excluding hydrogens is 290 g/mol. The third-order valence-electron chi connectivity index (χ3n) is 2.66. The van der Waals surface area contributed by atoms with Crippen LogP contribution in [0.15, 0.2) is 0 Å². The lowest BCUT2D eigenvalue weighted by Crippen LogP contribution is -2.51. The lowest BCUT2D eigenvalue weighted by molar-refractivity contribution is -0.165. The summed E-state index contributed by atoms with van der Waals surface area (Å²) in [6.45, 7) is 13.7. The van der Waals surface area contributed by atoms with E-state index < -0.39 is 32.2 Å². The van der Waals surface area contributed by atoms with Crippen molar-refractivity contribution >= 4 is 20.3 Å². The molecule has 0 aliphatic rings. The van der Waals surface area contributed by atoms with Crippen molar-refractivity contribution in [1.29, 1.82) is 0 Å². The van der Waals surface area contributed by atoms with Gasteiger partial charge in [-0.2, -0.15) is 0 Å². The molecule has 0 saturated heterocycles. The number of ether oxygens (including phenoxy) is 2. The summed E-state index contributed by atoms with van der Waals surface area (Å²) in [5.74, 6) is -2.19. The molecule has 1 N–H and O–H groups in total. The maximum Gasteiger partial charge on any atom is 0.322 e. The highest BCUT2D eigenvalue weighted by molar-refractivity contribution is 6.69. The molecule has 0 heterocycles. The van der Waals surface area contributed by atoms with Crippen LogP contribution < -0.4 is 5.48 Å². The number of nitrogens with one attached hydrogen (secondary N) is 1. The van der Waals surface area contributed by atoms with Gasteiger partial charge in [-0.1, -0.05) is 13.8 Å². The number of hydrogen-bond acceptors (Lipinski definition) is 6. The Morgan fingerprint density at radius 3 is 1.71 bits per heavy atom. The zero-order valence-corrected chi connectivity index (χ0v) is 15.2. The smallest absolute Gasteiger partial charge is 0.322 e. The van der Waals surface area contributed by atoms with Crippen molar-refractivity contribution < 1.29 is 23.6 Å². The van der Waals surface area contributed by atoms with Crippen molar-refractivity contribution in [3.63, 3.8) is 0 Å². The highest BCUT2D eigenvalue weighted by Crippen LogP contribution is 2.18. The number of hydrogen-bond donors (Lipinski definition) is 1. The molecule has 1 atom stereocenters. The fourth-order valence-corrected chi connectivity index (χ4v) is 2.18. The second-order valence-electron chi connectivity index (χ2n) is 6.08. The SMILES string of the molecule is CCOC(=O)C(C(=O)OCC)[C@H](NO[Si](C)(C)C)C(C)C. The highest BCUT2D eigenvalue weighted by atomic mass is 28.4. The van der Waals surface area contributed by atoms with E-state index in [1.165, 1.54) is 0 Å². The van der Waals surface area contributed by atoms with E-state index in [9.17, 15) is 9.59 Å². The summed E-state index contributed by atoms with van der Waals surface area (Å²) in [7, 11) is -1.83. The van der Waals surface area contributed by atoms with Crippen molar-refractivity contribution in [3.8, 4) is 0 Å². The minimum atomic E-state index is -1.83. The highest BCUT2D eigenvalue weighted by Gasteiger charge is 2.40. The van der Waals surface area contributed by atoms with Gasteiger partial charge in [-0.15, -0.1) is 0 Å². The molecule has 0 bridgehead atoms. The molecule has 0 aromatic carbocycles. The van der Waals surface area contributed by atoms with Crippen LogP contribution in [0.4, 0.5) is 0 Å². The van der Waals surface area contributed by atoms with Gasteiger partial charge in [0.05, 0.1) is 19.3 Å². The summed E-state index contributed by atoms with van der Waals surface area (Å²) in [5.41, 5.74) is 2.90. The number of esters is 2. The molecule has 0 aromatic rings. The summed E-state index contributed by atoms with van der Waals surface area (Å²) in [6, 6.07) is -0.491.